The molecule has 1 atom stereocenters. The number of carbonyl (C=O) groups is 1. The van der Waals surface area contributed by atoms with E-state index < -0.39 is 0 Å². The molecule has 0 bridgehead atoms. The topological polar surface area (TPSA) is 43.1 Å². The molecule has 12 heavy (non-hydrogen) atoms. The molecule has 0 heterocycles. The van der Waals surface area contributed by atoms with E-state index in [1.165, 1.54) is 0 Å². The van der Waals surface area contributed by atoms with E-state index in [2.05, 4.69) is 0 Å². The van der Waals surface area contributed by atoms with Crippen LogP contribution >= 0.6 is 12.4 Å². The first-order valence-corrected chi connectivity index (χ1v) is 4.45. The lowest BCUT2D eigenvalue weighted by Crippen LogP contribution is -2.23. The maximum Gasteiger partial charge on any atom is 0.132 e. The van der Waals surface area contributed by atoms with Crippen molar-refractivity contribution in [2.45, 2.75) is 45.1 Å². The molecule has 2 N–H and O–H groups in total. The van der Waals surface area contributed by atoms with Gasteiger partial charge in [-0.1, -0.05) is 0 Å². The number of Topliss-reactive ketones (excluding diaryl/α,β-unsaturated/α-hetero) is 1. The molecule has 3 heteroatoms. The summed E-state index contributed by atoms with van der Waals surface area (Å²) < 4.78 is 0. The Balaban J connectivity index is 0.00000121. The van der Waals surface area contributed by atoms with Gasteiger partial charge in [0.05, 0.1) is 0 Å². The average Bonchev–Trinajstić information content (AvgIpc) is 1.93. The van der Waals surface area contributed by atoms with Crippen molar-refractivity contribution >= 4 is 18.2 Å². The van der Waals surface area contributed by atoms with E-state index in [1.807, 2.05) is 6.92 Å². The normalized spacial score (nSPS) is 21.7. The number of halogens is 1. The van der Waals surface area contributed by atoms with Crippen LogP contribution in [0, 0.1) is 5.92 Å². The highest BCUT2D eigenvalue weighted by atomic mass is 35.5. The lowest BCUT2D eigenvalue weighted by atomic mass is 9.85. The second-order valence-corrected chi connectivity index (χ2v) is 3.70. The summed E-state index contributed by atoms with van der Waals surface area (Å²) in [7, 11) is 0. The Labute approximate surface area is 80.3 Å². The molecule has 1 aliphatic carbocycles. The summed E-state index contributed by atoms with van der Waals surface area (Å²) in [6.07, 6.45) is 4.81. The van der Waals surface area contributed by atoms with Gasteiger partial charge in [0, 0.05) is 18.9 Å². The van der Waals surface area contributed by atoms with Crippen LogP contribution in [-0.2, 0) is 4.79 Å². The van der Waals surface area contributed by atoms with Gasteiger partial charge in [-0.2, -0.15) is 0 Å². The first-order valence-electron chi connectivity index (χ1n) is 4.45. The van der Waals surface area contributed by atoms with Crippen LogP contribution in [0.25, 0.3) is 0 Å². The molecule has 1 unspecified atom stereocenters. The van der Waals surface area contributed by atoms with Crippen LogP contribution in [-0.4, -0.2) is 11.8 Å². The molecule has 0 aromatic carbocycles. The van der Waals surface area contributed by atoms with Crippen molar-refractivity contribution in [3.8, 4) is 0 Å². The van der Waals surface area contributed by atoms with Gasteiger partial charge < -0.3 is 5.73 Å². The van der Waals surface area contributed by atoms with Crippen molar-refractivity contribution in [1.82, 2.24) is 0 Å². The van der Waals surface area contributed by atoms with Crippen LogP contribution in [0.3, 0.4) is 0 Å². The summed E-state index contributed by atoms with van der Waals surface area (Å²) in [6, 6.07) is 0.299. The van der Waals surface area contributed by atoms with Crippen LogP contribution in [0.15, 0.2) is 0 Å². The van der Waals surface area contributed by atoms with Crippen molar-refractivity contribution in [1.29, 1.82) is 0 Å². The quantitative estimate of drug-likeness (QED) is 0.725. The minimum absolute atomic E-state index is 0. The van der Waals surface area contributed by atoms with Crippen LogP contribution in [0.4, 0.5) is 0 Å². The number of hydrogen-bond donors (Lipinski definition) is 1. The first-order chi connectivity index (χ1) is 5.18. The monoisotopic (exact) mass is 191 g/mol. The Morgan fingerprint density at radius 3 is 2.42 bits per heavy atom. The van der Waals surface area contributed by atoms with E-state index >= 15 is 0 Å². The van der Waals surface area contributed by atoms with Crippen molar-refractivity contribution in [3.63, 3.8) is 0 Å². The van der Waals surface area contributed by atoms with E-state index in [0.29, 0.717) is 17.7 Å². The van der Waals surface area contributed by atoms with Crippen molar-refractivity contribution in [2.24, 2.45) is 11.7 Å². The summed E-state index contributed by atoms with van der Waals surface area (Å²) in [5.41, 5.74) is 5.67. The fourth-order valence-electron chi connectivity index (χ4n) is 1.76. The molecule has 1 saturated carbocycles. The van der Waals surface area contributed by atoms with Gasteiger partial charge in [0.25, 0.3) is 0 Å². The maximum absolute atomic E-state index is 10.9. The molecule has 2 nitrogen and oxygen atoms in total. The zero-order valence-corrected chi connectivity index (χ0v) is 8.40. The van der Waals surface area contributed by atoms with Crippen LogP contribution in [0.1, 0.15) is 39.0 Å². The van der Waals surface area contributed by atoms with Gasteiger partial charge in [-0.05, 0) is 32.1 Å². The average molecular weight is 192 g/mol. The summed E-state index contributed by atoms with van der Waals surface area (Å²) in [6.45, 7) is 2.04. The van der Waals surface area contributed by atoms with E-state index in [9.17, 15) is 4.79 Å². The predicted molar refractivity (Wildman–Crippen MR) is 52.5 cm³/mol. The zero-order valence-electron chi connectivity index (χ0n) is 7.58. The molecule has 0 spiro atoms. The Kier molecular flexibility index (Phi) is 5.51. The van der Waals surface area contributed by atoms with Crippen molar-refractivity contribution < 1.29 is 4.79 Å². The van der Waals surface area contributed by atoms with Crippen LogP contribution < -0.4 is 5.73 Å². The fraction of sp³-hybridized carbons (Fsp3) is 0.889. The highest BCUT2D eigenvalue weighted by Gasteiger charge is 2.19. The van der Waals surface area contributed by atoms with Crippen molar-refractivity contribution in [2.75, 3.05) is 0 Å². The molecule has 1 fully saturated rings. The van der Waals surface area contributed by atoms with Gasteiger partial charge in [0.15, 0.2) is 0 Å². The van der Waals surface area contributed by atoms with Crippen LogP contribution in [0.2, 0.25) is 0 Å². The summed E-state index contributed by atoms with van der Waals surface area (Å²) in [5, 5.41) is 0. The smallest absolute Gasteiger partial charge is 0.132 e. The summed E-state index contributed by atoms with van der Waals surface area (Å²) >= 11 is 0. The minimum atomic E-state index is 0. The SMILES string of the molecule is CC(N)CC1CCC(=O)CC1.Cl. The number of hydrogen-bond acceptors (Lipinski definition) is 2. The predicted octanol–water partition coefficient (Wildman–Crippen LogP) is 1.90. The molecule has 0 aliphatic heterocycles. The number of ketones is 1. The van der Waals surface area contributed by atoms with Gasteiger partial charge in [0.1, 0.15) is 5.78 Å². The third-order valence-corrected chi connectivity index (χ3v) is 2.37. The van der Waals surface area contributed by atoms with Crippen molar-refractivity contribution in [3.05, 3.63) is 0 Å². The first kappa shape index (κ1) is 11.9. The van der Waals surface area contributed by atoms with Gasteiger partial charge in [0.2, 0.25) is 0 Å². The Morgan fingerprint density at radius 2 is 2.00 bits per heavy atom. The van der Waals surface area contributed by atoms with E-state index in [-0.39, 0.29) is 12.4 Å². The molecular weight excluding hydrogens is 174 g/mol. The number of nitrogens with two attached hydrogens (primary N) is 1. The number of carbonyl (C=O) groups excluding carboxylic acids is 1. The Hall–Kier alpha value is -0.0800. The van der Waals surface area contributed by atoms with Crippen LogP contribution in [0.5, 0.6) is 0 Å². The summed E-state index contributed by atoms with van der Waals surface area (Å²) in [4.78, 5) is 10.9. The summed E-state index contributed by atoms with van der Waals surface area (Å²) in [5.74, 6) is 1.15. The lowest BCUT2D eigenvalue weighted by molar-refractivity contribution is -0.121. The maximum atomic E-state index is 10.9. The van der Waals surface area contributed by atoms with E-state index in [1.54, 1.807) is 0 Å². The third kappa shape index (κ3) is 4.07. The zero-order chi connectivity index (χ0) is 8.27. The number of rotatable bonds is 2. The highest BCUT2D eigenvalue weighted by molar-refractivity contribution is 5.85. The Bertz CT molecular complexity index is 137. The van der Waals surface area contributed by atoms with Gasteiger partial charge in [-0.3, -0.25) is 4.79 Å². The third-order valence-electron chi connectivity index (χ3n) is 2.37. The van der Waals surface area contributed by atoms with E-state index in [0.717, 1.165) is 32.1 Å². The fourth-order valence-corrected chi connectivity index (χ4v) is 1.76. The van der Waals surface area contributed by atoms with Gasteiger partial charge in [-0.25, -0.2) is 0 Å². The second kappa shape index (κ2) is 5.55. The molecular formula is C9H18ClNO. The molecule has 0 aromatic rings. The second-order valence-electron chi connectivity index (χ2n) is 3.70. The standard InChI is InChI=1S/C9H17NO.ClH/c1-7(10)6-8-2-4-9(11)5-3-8;/h7-8H,2-6,10H2,1H3;1H. The largest absolute Gasteiger partial charge is 0.328 e. The molecule has 0 amide bonds. The Morgan fingerprint density at radius 1 is 1.50 bits per heavy atom. The highest BCUT2D eigenvalue weighted by Crippen LogP contribution is 2.24. The molecule has 0 aromatic heterocycles. The minimum Gasteiger partial charge on any atom is -0.328 e. The molecule has 1 aliphatic rings. The molecule has 0 saturated heterocycles. The lowest BCUT2D eigenvalue weighted by Gasteiger charge is -2.22. The molecule has 1 rings (SSSR count). The van der Waals surface area contributed by atoms with Gasteiger partial charge >= 0.3 is 0 Å². The van der Waals surface area contributed by atoms with Gasteiger partial charge in [-0.15, -0.1) is 12.4 Å². The molecule has 72 valence electrons. The van der Waals surface area contributed by atoms with E-state index in [4.69, 9.17) is 5.73 Å². The molecule has 0 radical (unpaired) electrons.